The lowest BCUT2D eigenvalue weighted by molar-refractivity contribution is 0.349. The van der Waals surface area contributed by atoms with Crippen molar-refractivity contribution in [2.24, 2.45) is 5.73 Å². The molecule has 3 aromatic rings. The summed E-state index contributed by atoms with van der Waals surface area (Å²) in [4.78, 5) is 4.26. The Kier molecular flexibility index (Phi) is 4.24. The number of rotatable bonds is 4. The van der Waals surface area contributed by atoms with Gasteiger partial charge in [0.2, 0.25) is 0 Å². The van der Waals surface area contributed by atoms with Crippen LogP contribution in [0.25, 0.3) is 11.1 Å². The lowest BCUT2D eigenvalue weighted by Crippen LogP contribution is -2.34. The van der Waals surface area contributed by atoms with E-state index in [1.807, 2.05) is 37.4 Å². The van der Waals surface area contributed by atoms with E-state index in [0.717, 1.165) is 45.1 Å². The van der Waals surface area contributed by atoms with Crippen molar-refractivity contribution in [3.8, 4) is 28.4 Å². The molecule has 0 fully saturated rings. The molecule has 3 heterocycles. The molecule has 1 atom stereocenters. The highest BCUT2D eigenvalue weighted by atomic mass is 16.5. The first-order chi connectivity index (χ1) is 14.5. The van der Waals surface area contributed by atoms with E-state index in [2.05, 4.69) is 47.2 Å². The molecule has 30 heavy (non-hydrogen) atoms. The molecular formula is C25H23N3O2. The summed E-state index contributed by atoms with van der Waals surface area (Å²) >= 11 is 0. The van der Waals surface area contributed by atoms with Gasteiger partial charge >= 0.3 is 0 Å². The number of pyridine rings is 1. The van der Waals surface area contributed by atoms with Gasteiger partial charge in [0.25, 0.3) is 0 Å². The largest absolute Gasteiger partial charge is 0.489 e. The summed E-state index contributed by atoms with van der Waals surface area (Å²) < 4.78 is 12.2. The van der Waals surface area contributed by atoms with E-state index in [9.17, 15) is 0 Å². The first-order valence-electron chi connectivity index (χ1n) is 9.92. The molecule has 5 heteroatoms. The first-order valence-corrected chi connectivity index (χ1v) is 9.92. The van der Waals surface area contributed by atoms with Gasteiger partial charge in [-0.25, -0.2) is 0 Å². The second-order valence-electron chi connectivity index (χ2n) is 7.88. The molecule has 1 spiro atoms. The third-order valence-corrected chi connectivity index (χ3v) is 5.57. The van der Waals surface area contributed by atoms with Gasteiger partial charge in [-0.3, -0.25) is 4.98 Å². The summed E-state index contributed by atoms with van der Waals surface area (Å²) in [5.41, 5.74) is 11.0. The average molecular weight is 397 g/mol. The molecule has 0 radical (unpaired) electrons. The third kappa shape index (κ3) is 2.99. The molecule has 0 saturated carbocycles. The quantitative estimate of drug-likeness (QED) is 0.635. The normalized spacial score (nSPS) is 18.6. The van der Waals surface area contributed by atoms with Crippen molar-refractivity contribution in [1.82, 2.24) is 10.3 Å². The molecular weight excluding hydrogens is 374 g/mol. The van der Waals surface area contributed by atoms with Crippen molar-refractivity contribution < 1.29 is 9.47 Å². The summed E-state index contributed by atoms with van der Waals surface area (Å²) in [6.07, 6.45) is 5.73. The van der Waals surface area contributed by atoms with Crippen LogP contribution in [0.15, 0.2) is 85.0 Å². The van der Waals surface area contributed by atoms with E-state index in [1.54, 1.807) is 6.20 Å². The Morgan fingerprint density at radius 1 is 1.17 bits per heavy atom. The summed E-state index contributed by atoms with van der Waals surface area (Å²) in [5.74, 6) is 3.09. The van der Waals surface area contributed by atoms with Crippen molar-refractivity contribution >= 4 is 0 Å². The minimum Gasteiger partial charge on any atom is -0.489 e. The van der Waals surface area contributed by atoms with Gasteiger partial charge in [0, 0.05) is 35.6 Å². The van der Waals surface area contributed by atoms with Crippen LogP contribution in [-0.2, 0) is 5.41 Å². The average Bonchev–Trinajstić information content (AvgIpc) is 3.15. The lowest BCUT2D eigenvalue weighted by Gasteiger charge is -2.36. The standard InChI is InChI=1S/C25H23N3O2/c1-16(2)14-29-19-6-8-23-21(11-19)25(12-24(26)28-15-25)20-10-17(5-7-22(20)30-23)18-4-3-9-27-13-18/h3-13,28H,1,14-15,26H2,2H3/t25-/m0/s1. The van der Waals surface area contributed by atoms with Gasteiger partial charge < -0.3 is 20.5 Å². The van der Waals surface area contributed by atoms with E-state index in [4.69, 9.17) is 15.2 Å². The zero-order chi connectivity index (χ0) is 20.7. The number of fused-ring (bicyclic) bond motifs is 4. The molecule has 5 nitrogen and oxygen atoms in total. The van der Waals surface area contributed by atoms with Gasteiger partial charge in [0.15, 0.2) is 0 Å². The Hall–Kier alpha value is -3.73. The Morgan fingerprint density at radius 2 is 1.97 bits per heavy atom. The number of hydrogen-bond donors (Lipinski definition) is 2. The van der Waals surface area contributed by atoms with Gasteiger partial charge in [-0.1, -0.05) is 18.7 Å². The van der Waals surface area contributed by atoms with Crippen LogP contribution in [0.3, 0.4) is 0 Å². The zero-order valence-corrected chi connectivity index (χ0v) is 16.8. The number of nitrogens with one attached hydrogen (secondary N) is 1. The van der Waals surface area contributed by atoms with E-state index in [1.165, 1.54) is 0 Å². The van der Waals surface area contributed by atoms with Crippen LogP contribution >= 0.6 is 0 Å². The summed E-state index contributed by atoms with van der Waals surface area (Å²) in [6.45, 7) is 7.00. The summed E-state index contributed by atoms with van der Waals surface area (Å²) in [5, 5.41) is 3.31. The Bertz CT molecular complexity index is 1170. The number of hydrogen-bond acceptors (Lipinski definition) is 5. The highest BCUT2D eigenvalue weighted by Gasteiger charge is 2.44. The van der Waals surface area contributed by atoms with Crippen molar-refractivity contribution in [1.29, 1.82) is 0 Å². The molecule has 2 aromatic carbocycles. The minimum atomic E-state index is -0.437. The SMILES string of the molecule is C=C(C)COc1ccc2c(c1)[C@]1(C=C(N)NC1)c1cc(-c3cccnc3)ccc1O2. The first kappa shape index (κ1) is 18.3. The van der Waals surface area contributed by atoms with Crippen LogP contribution in [0, 0.1) is 0 Å². The van der Waals surface area contributed by atoms with Crippen LogP contribution in [0.1, 0.15) is 18.1 Å². The number of nitrogens with two attached hydrogens (primary N) is 1. The van der Waals surface area contributed by atoms with E-state index in [0.29, 0.717) is 19.0 Å². The van der Waals surface area contributed by atoms with Crippen LogP contribution in [0.5, 0.6) is 17.2 Å². The molecule has 150 valence electrons. The van der Waals surface area contributed by atoms with E-state index < -0.39 is 5.41 Å². The van der Waals surface area contributed by atoms with Crippen molar-refractivity contribution in [3.63, 3.8) is 0 Å². The maximum Gasteiger partial charge on any atom is 0.132 e. The van der Waals surface area contributed by atoms with Gasteiger partial charge in [0.05, 0.1) is 11.2 Å². The fourth-order valence-electron chi connectivity index (χ4n) is 4.14. The summed E-state index contributed by atoms with van der Waals surface area (Å²) in [7, 11) is 0. The molecule has 1 aromatic heterocycles. The molecule has 5 rings (SSSR count). The molecule has 2 aliphatic rings. The smallest absolute Gasteiger partial charge is 0.132 e. The van der Waals surface area contributed by atoms with E-state index in [-0.39, 0.29) is 0 Å². The second-order valence-corrected chi connectivity index (χ2v) is 7.88. The van der Waals surface area contributed by atoms with Gasteiger partial charge in [-0.15, -0.1) is 0 Å². The molecule has 0 bridgehead atoms. The van der Waals surface area contributed by atoms with Gasteiger partial charge in [-0.2, -0.15) is 0 Å². The van der Waals surface area contributed by atoms with Crippen LogP contribution in [0.4, 0.5) is 0 Å². The minimum absolute atomic E-state index is 0.437. The Balaban J connectivity index is 1.66. The maximum absolute atomic E-state index is 6.28. The van der Waals surface area contributed by atoms with E-state index >= 15 is 0 Å². The van der Waals surface area contributed by atoms with Crippen LogP contribution in [-0.4, -0.2) is 18.1 Å². The van der Waals surface area contributed by atoms with Crippen LogP contribution in [0.2, 0.25) is 0 Å². The van der Waals surface area contributed by atoms with Crippen molar-refractivity contribution in [2.75, 3.05) is 13.2 Å². The topological polar surface area (TPSA) is 69.4 Å². The van der Waals surface area contributed by atoms with Crippen molar-refractivity contribution in [3.05, 3.63) is 96.1 Å². The Morgan fingerprint density at radius 3 is 2.67 bits per heavy atom. The zero-order valence-electron chi connectivity index (χ0n) is 16.8. The fourth-order valence-corrected chi connectivity index (χ4v) is 4.14. The molecule has 0 unspecified atom stereocenters. The Labute approximate surface area is 175 Å². The number of ether oxygens (including phenoxy) is 2. The highest BCUT2D eigenvalue weighted by molar-refractivity contribution is 5.70. The van der Waals surface area contributed by atoms with Gasteiger partial charge in [0.1, 0.15) is 23.9 Å². The molecule has 0 amide bonds. The predicted octanol–water partition coefficient (Wildman–Crippen LogP) is 4.50. The third-order valence-electron chi connectivity index (χ3n) is 5.57. The van der Waals surface area contributed by atoms with Gasteiger partial charge in [-0.05, 0) is 60.5 Å². The van der Waals surface area contributed by atoms with Crippen molar-refractivity contribution in [2.45, 2.75) is 12.3 Å². The second kappa shape index (κ2) is 6.95. The number of aromatic nitrogens is 1. The summed E-state index contributed by atoms with van der Waals surface area (Å²) in [6, 6.07) is 16.2. The maximum atomic E-state index is 6.28. The highest BCUT2D eigenvalue weighted by Crippen LogP contribution is 2.52. The number of benzene rings is 2. The molecule has 2 aliphatic heterocycles. The molecule has 0 saturated heterocycles. The molecule has 0 aliphatic carbocycles. The monoisotopic (exact) mass is 397 g/mol. The predicted molar refractivity (Wildman–Crippen MR) is 118 cm³/mol. The fraction of sp³-hybridized carbons (Fsp3) is 0.160. The van der Waals surface area contributed by atoms with Crippen LogP contribution < -0.4 is 20.5 Å². The number of nitrogens with zero attached hydrogens (tertiary/aromatic N) is 1. The molecule has 3 N–H and O–H groups in total. The lowest BCUT2D eigenvalue weighted by atomic mass is 9.72.